The van der Waals surface area contributed by atoms with Crippen molar-refractivity contribution in [1.82, 2.24) is 15.5 Å². The molecule has 0 amide bonds. The third-order valence-electron chi connectivity index (χ3n) is 2.89. The van der Waals surface area contributed by atoms with E-state index in [-0.39, 0.29) is 6.04 Å². The zero-order valence-corrected chi connectivity index (χ0v) is 12.1. The molecule has 0 radical (unpaired) electrons. The summed E-state index contributed by atoms with van der Waals surface area (Å²) in [6, 6.07) is 6.19. The molecule has 2 heterocycles. The van der Waals surface area contributed by atoms with Crippen LogP contribution < -0.4 is 10.1 Å². The maximum atomic E-state index is 5.04. The van der Waals surface area contributed by atoms with Crippen LogP contribution in [0.25, 0.3) is 0 Å². The Hall–Kier alpha value is -1.46. The number of nitrogens with one attached hydrogen (secondary N) is 1. The van der Waals surface area contributed by atoms with Gasteiger partial charge in [0.2, 0.25) is 5.88 Å². The van der Waals surface area contributed by atoms with Crippen LogP contribution in [-0.4, -0.2) is 23.9 Å². The Morgan fingerprint density at radius 1 is 1.32 bits per heavy atom. The summed E-state index contributed by atoms with van der Waals surface area (Å²) in [4.78, 5) is 0. The molecule has 0 bridgehead atoms. The van der Waals surface area contributed by atoms with Gasteiger partial charge in [0.1, 0.15) is 0 Å². The zero-order chi connectivity index (χ0) is 13.5. The van der Waals surface area contributed by atoms with Gasteiger partial charge in [0.25, 0.3) is 0 Å². The number of nitrogens with zero attached hydrogens (tertiary/aromatic N) is 2. The van der Waals surface area contributed by atoms with Crippen LogP contribution in [-0.2, 0) is 6.42 Å². The monoisotopic (exact) mass is 277 g/mol. The summed E-state index contributed by atoms with van der Waals surface area (Å²) in [6.45, 7) is 3.14. The van der Waals surface area contributed by atoms with Crippen LogP contribution in [0.5, 0.6) is 5.88 Å². The average molecular weight is 277 g/mol. The van der Waals surface area contributed by atoms with Crippen LogP contribution in [0.3, 0.4) is 0 Å². The first kappa shape index (κ1) is 14.0. The number of hydrogen-bond donors (Lipinski definition) is 1. The van der Waals surface area contributed by atoms with Gasteiger partial charge in [0.15, 0.2) is 0 Å². The molecular formula is C14H19N3OS. The molecular weight excluding hydrogens is 258 g/mol. The standard InChI is InChI=1S/C14H19N3OS/c1-3-7-15-13(9-11-6-8-19-10-11)12-4-5-14(18-2)17-16-12/h4-6,8,10,13,15H,3,7,9H2,1-2H3. The van der Waals surface area contributed by atoms with E-state index in [0.717, 1.165) is 25.1 Å². The van der Waals surface area contributed by atoms with Gasteiger partial charge in [-0.15, -0.1) is 5.10 Å². The molecule has 4 nitrogen and oxygen atoms in total. The lowest BCUT2D eigenvalue weighted by molar-refractivity contribution is 0.389. The average Bonchev–Trinajstić information content (AvgIpc) is 2.96. The smallest absolute Gasteiger partial charge is 0.233 e. The van der Waals surface area contributed by atoms with Crippen LogP contribution in [0.1, 0.15) is 30.6 Å². The van der Waals surface area contributed by atoms with Gasteiger partial charge in [-0.2, -0.15) is 16.4 Å². The molecule has 1 unspecified atom stereocenters. The van der Waals surface area contributed by atoms with E-state index in [4.69, 9.17) is 4.74 Å². The van der Waals surface area contributed by atoms with Gasteiger partial charge in [-0.3, -0.25) is 0 Å². The zero-order valence-electron chi connectivity index (χ0n) is 11.3. The summed E-state index contributed by atoms with van der Waals surface area (Å²) in [6.07, 6.45) is 2.04. The first-order chi connectivity index (χ1) is 9.33. The molecule has 5 heteroatoms. The minimum atomic E-state index is 0.202. The van der Waals surface area contributed by atoms with Crippen molar-refractivity contribution in [3.05, 3.63) is 40.2 Å². The first-order valence-corrected chi connectivity index (χ1v) is 7.39. The summed E-state index contributed by atoms with van der Waals surface area (Å²) in [7, 11) is 1.60. The van der Waals surface area contributed by atoms with Gasteiger partial charge in [-0.1, -0.05) is 6.92 Å². The number of methoxy groups -OCH3 is 1. The van der Waals surface area contributed by atoms with Crippen molar-refractivity contribution in [2.45, 2.75) is 25.8 Å². The molecule has 0 aromatic carbocycles. The first-order valence-electron chi connectivity index (χ1n) is 6.45. The third kappa shape index (κ3) is 4.01. The predicted molar refractivity (Wildman–Crippen MR) is 77.6 cm³/mol. The van der Waals surface area contributed by atoms with Crippen molar-refractivity contribution < 1.29 is 4.74 Å². The van der Waals surface area contributed by atoms with Crippen LogP contribution in [0.15, 0.2) is 29.0 Å². The molecule has 0 fully saturated rings. The highest BCUT2D eigenvalue weighted by atomic mass is 32.1. The van der Waals surface area contributed by atoms with Crippen molar-refractivity contribution >= 4 is 11.3 Å². The minimum absolute atomic E-state index is 0.202. The van der Waals surface area contributed by atoms with Crippen LogP contribution in [0.4, 0.5) is 0 Å². The molecule has 1 atom stereocenters. The van der Waals surface area contributed by atoms with Gasteiger partial charge < -0.3 is 10.1 Å². The second kappa shape index (κ2) is 7.21. The Kier molecular flexibility index (Phi) is 5.30. The van der Waals surface area contributed by atoms with Crippen molar-refractivity contribution in [3.8, 4) is 5.88 Å². The highest BCUT2D eigenvalue weighted by Gasteiger charge is 2.14. The number of aromatic nitrogens is 2. The van der Waals surface area contributed by atoms with E-state index < -0.39 is 0 Å². The maximum absolute atomic E-state index is 5.04. The molecule has 0 spiro atoms. The van der Waals surface area contributed by atoms with Gasteiger partial charge in [0, 0.05) is 6.07 Å². The Morgan fingerprint density at radius 2 is 2.21 bits per heavy atom. The lowest BCUT2D eigenvalue weighted by atomic mass is 10.1. The van der Waals surface area contributed by atoms with Gasteiger partial charge >= 0.3 is 0 Å². The molecule has 0 aliphatic rings. The molecule has 0 aliphatic heterocycles. The SMILES string of the molecule is CCCNC(Cc1ccsc1)c1ccc(OC)nn1. The molecule has 102 valence electrons. The molecule has 0 saturated carbocycles. The fourth-order valence-electron chi connectivity index (χ4n) is 1.87. The van der Waals surface area contributed by atoms with Crippen LogP contribution >= 0.6 is 11.3 Å². The van der Waals surface area contributed by atoms with E-state index in [1.807, 2.05) is 12.1 Å². The number of rotatable bonds is 7. The number of hydrogen-bond acceptors (Lipinski definition) is 5. The molecule has 1 N–H and O–H groups in total. The van der Waals surface area contributed by atoms with Gasteiger partial charge in [-0.25, -0.2) is 0 Å². The molecule has 2 aromatic rings. The highest BCUT2D eigenvalue weighted by Crippen LogP contribution is 2.19. The Bertz CT molecular complexity index is 470. The summed E-state index contributed by atoms with van der Waals surface area (Å²) in [5.74, 6) is 0.550. The van der Waals surface area contributed by atoms with Gasteiger partial charge in [-0.05, 0) is 47.8 Å². The third-order valence-corrected chi connectivity index (χ3v) is 3.62. The summed E-state index contributed by atoms with van der Waals surface area (Å²) < 4.78 is 5.04. The molecule has 19 heavy (non-hydrogen) atoms. The molecule has 0 aliphatic carbocycles. The van der Waals surface area contributed by atoms with E-state index in [2.05, 4.69) is 39.3 Å². The largest absolute Gasteiger partial charge is 0.480 e. The lowest BCUT2D eigenvalue weighted by Crippen LogP contribution is -2.25. The fourth-order valence-corrected chi connectivity index (χ4v) is 2.55. The normalized spacial score (nSPS) is 12.3. The van der Waals surface area contributed by atoms with E-state index in [1.54, 1.807) is 18.4 Å². The van der Waals surface area contributed by atoms with Crippen molar-refractivity contribution in [2.24, 2.45) is 0 Å². The second-order valence-corrected chi connectivity index (χ2v) is 5.12. The fraction of sp³-hybridized carbons (Fsp3) is 0.429. The summed E-state index contributed by atoms with van der Waals surface area (Å²) in [5, 5.41) is 16.1. The van der Waals surface area contributed by atoms with E-state index in [1.165, 1.54) is 5.56 Å². The molecule has 0 saturated heterocycles. The Balaban J connectivity index is 2.10. The second-order valence-electron chi connectivity index (χ2n) is 4.34. The lowest BCUT2D eigenvalue weighted by Gasteiger charge is -2.17. The van der Waals surface area contributed by atoms with Gasteiger partial charge in [0.05, 0.1) is 18.8 Å². The number of thiophene rings is 1. The van der Waals surface area contributed by atoms with E-state index in [9.17, 15) is 0 Å². The van der Waals surface area contributed by atoms with Crippen molar-refractivity contribution in [3.63, 3.8) is 0 Å². The highest BCUT2D eigenvalue weighted by molar-refractivity contribution is 7.07. The predicted octanol–water partition coefficient (Wildman–Crippen LogP) is 2.83. The van der Waals surface area contributed by atoms with Crippen molar-refractivity contribution in [2.75, 3.05) is 13.7 Å². The molecule has 2 rings (SSSR count). The minimum Gasteiger partial charge on any atom is -0.480 e. The van der Waals surface area contributed by atoms with E-state index >= 15 is 0 Å². The van der Waals surface area contributed by atoms with Crippen molar-refractivity contribution in [1.29, 1.82) is 0 Å². The molecule has 2 aromatic heterocycles. The summed E-state index contributed by atoms with van der Waals surface area (Å²) >= 11 is 1.72. The van der Waals surface area contributed by atoms with Crippen LogP contribution in [0.2, 0.25) is 0 Å². The quantitative estimate of drug-likeness (QED) is 0.845. The topological polar surface area (TPSA) is 47.0 Å². The van der Waals surface area contributed by atoms with Crippen LogP contribution in [0, 0.1) is 0 Å². The maximum Gasteiger partial charge on any atom is 0.233 e. The number of ether oxygens (including phenoxy) is 1. The summed E-state index contributed by atoms with van der Waals surface area (Å²) in [5.41, 5.74) is 2.29. The Labute approximate surface area is 117 Å². The van der Waals surface area contributed by atoms with E-state index in [0.29, 0.717) is 5.88 Å². The Morgan fingerprint density at radius 3 is 2.79 bits per heavy atom.